The van der Waals surface area contributed by atoms with Gasteiger partial charge in [-0.1, -0.05) is 42.5 Å². The highest BCUT2D eigenvalue weighted by Crippen LogP contribution is 2.56. The summed E-state index contributed by atoms with van der Waals surface area (Å²) in [5.41, 5.74) is 8.19. The van der Waals surface area contributed by atoms with Crippen molar-refractivity contribution in [3.63, 3.8) is 0 Å². The van der Waals surface area contributed by atoms with Gasteiger partial charge in [0, 0.05) is 11.1 Å². The Labute approximate surface area is 161 Å². The van der Waals surface area contributed by atoms with Gasteiger partial charge in [-0.15, -0.1) is 0 Å². The molecule has 4 bridgehead atoms. The SMILES string of the molecule is NC12C[C@H]3C[C@@H](C1)CC(NS(=O)(=O)c1ccc(-c4ccccc4)cc1)(C3)C2. The lowest BCUT2D eigenvalue weighted by molar-refractivity contribution is -0.0250. The molecule has 4 aliphatic carbocycles. The van der Waals surface area contributed by atoms with Gasteiger partial charge in [0.15, 0.2) is 0 Å². The van der Waals surface area contributed by atoms with Gasteiger partial charge < -0.3 is 5.73 Å². The quantitative estimate of drug-likeness (QED) is 0.847. The first kappa shape index (κ1) is 17.4. The first-order valence-corrected chi connectivity index (χ1v) is 11.3. The van der Waals surface area contributed by atoms with Crippen molar-refractivity contribution in [3.05, 3.63) is 54.6 Å². The molecule has 5 heteroatoms. The van der Waals surface area contributed by atoms with Crippen LogP contribution in [0.4, 0.5) is 0 Å². The highest BCUT2D eigenvalue weighted by atomic mass is 32.2. The van der Waals surface area contributed by atoms with Crippen LogP contribution in [0.5, 0.6) is 0 Å². The van der Waals surface area contributed by atoms with Crippen LogP contribution in [0.25, 0.3) is 11.1 Å². The number of hydrogen-bond acceptors (Lipinski definition) is 3. The second-order valence-corrected chi connectivity index (χ2v) is 10.8. The fraction of sp³-hybridized carbons (Fsp3) is 0.455. The Hall–Kier alpha value is -1.69. The van der Waals surface area contributed by atoms with Crippen LogP contribution in [-0.2, 0) is 10.0 Å². The third-order valence-electron chi connectivity index (χ3n) is 6.73. The molecule has 4 fully saturated rings. The van der Waals surface area contributed by atoms with Gasteiger partial charge in [0.25, 0.3) is 0 Å². The van der Waals surface area contributed by atoms with E-state index >= 15 is 0 Å². The zero-order valence-corrected chi connectivity index (χ0v) is 16.2. The van der Waals surface area contributed by atoms with Crippen LogP contribution in [-0.4, -0.2) is 19.5 Å². The molecule has 0 aliphatic heterocycles. The number of hydrogen-bond donors (Lipinski definition) is 2. The lowest BCUT2D eigenvalue weighted by Crippen LogP contribution is -2.68. The van der Waals surface area contributed by atoms with Crippen LogP contribution in [0.1, 0.15) is 38.5 Å². The summed E-state index contributed by atoms with van der Waals surface area (Å²) < 4.78 is 29.3. The average molecular weight is 383 g/mol. The summed E-state index contributed by atoms with van der Waals surface area (Å²) in [4.78, 5) is 0.337. The van der Waals surface area contributed by atoms with E-state index in [9.17, 15) is 8.42 Å². The van der Waals surface area contributed by atoms with Gasteiger partial charge in [-0.3, -0.25) is 0 Å². The van der Waals surface area contributed by atoms with Crippen LogP contribution in [0.2, 0.25) is 0 Å². The molecule has 0 spiro atoms. The highest BCUT2D eigenvalue weighted by Gasteiger charge is 2.57. The lowest BCUT2D eigenvalue weighted by atomic mass is 9.50. The minimum Gasteiger partial charge on any atom is -0.325 e. The summed E-state index contributed by atoms with van der Waals surface area (Å²) in [6, 6.07) is 17.2. The summed E-state index contributed by atoms with van der Waals surface area (Å²) in [6.45, 7) is 0. The van der Waals surface area contributed by atoms with Crippen LogP contribution in [0, 0.1) is 11.8 Å². The Morgan fingerprint density at radius 3 is 2.04 bits per heavy atom. The topological polar surface area (TPSA) is 72.2 Å². The molecule has 4 aliphatic rings. The number of benzene rings is 2. The van der Waals surface area contributed by atoms with E-state index in [1.165, 1.54) is 6.42 Å². The predicted octanol–water partition coefficient (Wildman–Crippen LogP) is 3.68. The van der Waals surface area contributed by atoms with Crippen molar-refractivity contribution in [2.24, 2.45) is 17.6 Å². The first-order valence-electron chi connectivity index (χ1n) is 9.83. The number of nitrogens with one attached hydrogen (secondary N) is 1. The highest BCUT2D eigenvalue weighted by molar-refractivity contribution is 7.89. The monoisotopic (exact) mass is 382 g/mol. The molecule has 0 amide bonds. The van der Waals surface area contributed by atoms with Crippen molar-refractivity contribution in [1.82, 2.24) is 4.72 Å². The fourth-order valence-electron chi connectivity index (χ4n) is 6.25. The molecule has 0 radical (unpaired) electrons. The van der Waals surface area contributed by atoms with E-state index in [1.807, 2.05) is 42.5 Å². The molecule has 0 heterocycles. The van der Waals surface area contributed by atoms with E-state index in [0.717, 1.165) is 43.2 Å². The minimum absolute atomic E-state index is 0.177. The minimum atomic E-state index is -3.55. The molecule has 2 unspecified atom stereocenters. The van der Waals surface area contributed by atoms with E-state index in [-0.39, 0.29) is 11.1 Å². The van der Waals surface area contributed by atoms with E-state index < -0.39 is 10.0 Å². The maximum absolute atomic E-state index is 13.1. The molecule has 3 N–H and O–H groups in total. The summed E-state index contributed by atoms with van der Waals surface area (Å²) in [6.07, 6.45) is 5.97. The van der Waals surface area contributed by atoms with Crippen LogP contribution in [0.15, 0.2) is 59.5 Å². The summed E-state index contributed by atoms with van der Waals surface area (Å²) >= 11 is 0. The second-order valence-electron chi connectivity index (χ2n) is 9.10. The zero-order chi connectivity index (χ0) is 18.7. The summed E-state index contributed by atoms with van der Waals surface area (Å²) in [7, 11) is -3.55. The molecule has 4 atom stereocenters. The van der Waals surface area contributed by atoms with Crippen molar-refractivity contribution in [2.45, 2.75) is 54.5 Å². The first-order chi connectivity index (χ1) is 12.8. The van der Waals surface area contributed by atoms with E-state index in [0.29, 0.717) is 16.7 Å². The standard InChI is InChI=1S/C22H26N2O2S/c23-21-11-16-10-17(12-21)14-22(13-16,15-21)24-27(25,26)20-8-6-19(7-9-20)18-4-2-1-3-5-18/h1-9,16-17,24H,10-15,23H2/t16-,17+,21?,22?. The molecule has 2 aromatic carbocycles. The number of sulfonamides is 1. The van der Waals surface area contributed by atoms with Gasteiger partial charge in [0.05, 0.1) is 4.90 Å². The molecule has 2 aromatic rings. The summed E-state index contributed by atoms with van der Waals surface area (Å²) in [5.74, 6) is 1.14. The lowest BCUT2D eigenvalue weighted by Gasteiger charge is -2.60. The smallest absolute Gasteiger partial charge is 0.241 e. The van der Waals surface area contributed by atoms with E-state index in [4.69, 9.17) is 5.73 Å². The number of nitrogens with two attached hydrogens (primary N) is 1. The second kappa shape index (κ2) is 5.90. The molecule has 0 aromatic heterocycles. The zero-order valence-electron chi connectivity index (χ0n) is 15.4. The maximum atomic E-state index is 13.1. The van der Waals surface area contributed by atoms with Gasteiger partial charge in [-0.05, 0) is 73.6 Å². The van der Waals surface area contributed by atoms with Crippen LogP contribution < -0.4 is 10.5 Å². The molecule has 142 valence electrons. The van der Waals surface area contributed by atoms with E-state index in [2.05, 4.69) is 4.72 Å². The summed E-state index contributed by atoms with van der Waals surface area (Å²) in [5, 5.41) is 0. The van der Waals surface area contributed by atoms with Gasteiger partial charge in [0.2, 0.25) is 10.0 Å². The van der Waals surface area contributed by atoms with Gasteiger partial charge >= 0.3 is 0 Å². The third-order valence-corrected chi connectivity index (χ3v) is 8.32. The Kier molecular flexibility index (Phi) is 3.81. The van der Waals surface area contributed by atoms with Gasteiger partial charge in [-0.25, -0.2) is 13.1 Å². The van der Waals surface area contributed by atoms with Gasteiger partial charge in [-0.2, -0.15) is 0 Å². The van der Waals surface area contributed by atoms with E-state index in [1.54, 1.807) is 12.1 Å². The third kappa shape index (κ3) is 3.12. The van der Waals surface area contributed by atoms with Crippen molar-refractivity contribution < 1.29 is 8.42 Å². The Bertz CT molecular complexity index is 940. The average Bonchev–Trinajstić information content (AvgIpc) is 2.59. The molecule has 6 rings (SSSR count). The predicted molar refractivity (Wildman–Crippen MR) is 107 cm³/mol. The normalized spacial score (nSPS) is 34.7. The molecule has 4 nitrogen and oxygen atoms in total. The Balaban J connectivity index is 1.41. The van der Waals surface area contributed by atoms with Crippen molar-refractivity contribution in [1.29, 1.82) is 0 Å². The maximum Gasteiger partial charge on any atom is 0.241 e. The molecule has 0 saturated heterocycles. The Morgan fingerprint density at radius 2 is 1.44 bits per heavy atom. The number of rotatable bonds is 4. The van der Waals surface area contributed by atoms with Crippen molar-refractivity contribution in [3.8, 4) is 11.1 Å². The fourth-order valence-corrected chi connectivity index (χ4v) is 7.67. The van der Waals surface area contributed by atoms with Crippen LogP contribution >= 0.6 is 0 Å². The van der Waals surface area contributed by atoms with Crippen LogP contribution in [0.3, 0.4) is 0 Å². The molecular formula is C22H26N2O2S. The van der Waals surface area contributed by atoms with Gasteiger partial charge in [0.1, 0.15) is 0 Å². The molecule has 27 heavy (non-hydrogen) atoms. The van der Waals surface area contributed by atoms with Crippen molar-refractivity contribution >= 4 is 10.0 Å². The molecule has 4 saturated carbocycles. The Morgan fingerprint density at radius 1 is 0.852 bits per heavy atom. The molecular weight excluding hydrogens is 356 g/mol. The largest absolute Gasteiger partial charge is 0.325 e. The van der Waals surface area contributed by atoms with Crippen molar-refractivity contribution in [2.75, 3.05) is 0 Å².